The van der Waals surface area contributed by atoms with Crippen molar-refractivity contribution in [1.29, 1.82) is 0 Å². The van der Waals surface area contributed by atoms with Crippen LogP contribution in [0.3, 0.4) is 0 Å². The predicted molar refractivity (Wildman–Crippen MR) is 95.9 cm³/mol. The van der Waals surface area contributed by atoms with Gasteiger partial charge in [-0.25, -0.2) is 4.98 Å². The van der Waals surface area contributed by atoms with E-state index < -0.39 is 0 Å². The Bertz CT molecular complexity index is 666. The molecule has 25 heavy (non-hydrogen) atoms. The lowest BCUT2D eigenvalue weighted by atomic mass is 10.1. The van der Waals surface area contributed by atoms with E-state index in [1.54, 1.807) is 0 Å². The van der Waals surface area contributed by atoms with Crippen LogP contribution in [0.5, 0.6) is 0 Å². The first-order valence-electron chi connectivity index (χ1n) is 9.34. The fourth-order valence-corrected chi connectivity index (χ4v) is 3.75. The third-order valence-corrected chi connectivity index (χ3v) is 5.19. The zero-order valence-electron chi connectivity index (χ0n) is 14.7. The molecule has 2 aromatic rings. The van der Waals surface area contributed by atoms with E-state index in [2.05, 4.69) is 25.8 Å². The fourth-order valence-electron chi connectivity index (χ4n) is 3.75. The lowest BCUT2D eigenvalue weighted by molar-refractivity contribution is 0.0775. The first kappa shape index (κ1) is 16.7. The van der Waals surface area contributed by atoms with Crippen molar-refractivity contribution < 1.29 is 4.74 Å². The van der Waals surface area contributed by atoms with Gasteiger partial charge < -0.3 is 14.6 Å². The molecular weight excluding hydrogens is 314 g/mol. The molecule has 0 bridgehead atoms. The summed E-state index contributed by atoms with van der Waals surface area (Å²) in [6.45, 7) is 6.68. The van der Waals surface area contributed by atoms with Crippen molar-refractivity contribution in [2.24, 2.45) is 0 Å². The molecule has 4 heterocycles. The summed E-state index contributed by atoms with van der Waals surface area (Å²) in [6, 6.07) is 4.73. The van der Waals surface area contributed by atoms with Crippen molar-refractivity contribution >= 4 is 0 Å². The second kappa shape index (κ2) is 8.08. The molecule has 6 nitrogen and oxygen atoms in total. The highest BCUT2D eigenvalue weighted by Crippen LogP contribution is 2.18. The van der Waals surface area contributed by atoms with E-state index in [0.717, 1.165) is 65.2 Å². The molecular formula is C19H27N5O. The van der Waals surface area contributed by atoms with Gasteiger partial charge in [0.25, 0.3) is 0 Å². The maximum atomic E-state index is 5.44. The quantitative estimate of drug-likeness (QED) is 0.901. The molecule has 134 valence electrons. The molecule has 2 aliphatic heterocycles. The van der Waals surface area contributed by atoms with Gasteiger partial charge in [0.2, 0.25) is 0 Å². The second-order valence-electron chi connectivity index (χ2n) is 7.02. The van der Waals surface area contributed by atoms with E-state index in [9.17, 15) is 0 Å². The van der Waals surface area contributed by atoms with Crippen molar-refractivity contribution in [3.05, 3.63) is 47.8 Å². The van der Waals surface area contributed by atoms with Gasteiger partial charge in [-0.05, 0) is 30.9 Å². The number of imidazole rings is 1. The Labute approximate surface area is 149 Å². The predicted octanol–water partition coefficient (Wildman–Crippen LogP) is 1.95. The average Bonchev–Trinajstić information content (AvgIpc) is 2.92. The summed E-state index contributed by atoms with van der Waals surface area (Å²) in [5.74, 6) is 0. The first-order chi connectivity index (χ1) is 12.4. The number of nitrogens with zero attached hydrogens (tertiary/aromatic N) is 4. The van der Waals surface area contributed by atoms with Gasteiger partial charge in [0.05, 0.1) is 17.7 Å². The van der Waals surface area contributed by atoms with Crippen LogP contribution in [0.2, 0.25) is 0 Å². The van der Waals surface area contributed by atoms with Gasteiger partial charge in [0.15, 0.2) is 0 Å². The Kier molecular flexibility index (Phi) is 5.40. The van der Waals surface area contributed by atoms with Crippen LogP contribution in [-0.4, -0.2) is 45.2 Å². The number of nitrogens with one attached hydrogen (secondary N) is 1. The van der Waals surface area contributed by atoms with Crippen LogP contribution in [0, 0.1) is 0 Å². The number of pyridine rings is 1. The van der Waals surface area contributed by atoms with Gasteiger partial charge in [-0.15, -0.1) is 0 Å². The summed E-state index contributed by atoms with van der Waals surface area (Å²) in [6.07, 6.45) is 9.18. The van der Waals surface area contributed by atoms with Crippen LogP contribution in [0.1, 0.15) is 36.2 Å². The molecule has 0 amide bonds. The molecule has 6 heteroatoms. The molecule has 0 aliphatic carbocycles. The van der Waals surface area contributed by atoms with Crippen molar-refractivity contribution in [3.8, 4) is 0 Å². The van der Waals surface area contributed by atoms with E-state index in [1.807, 2.05) is 24.8 Å². The third kappa shape index (κ3) is 4.26. The minimum Gasteiger partial charge on any atom is -0.381 e. The van der Waals surface area contributed by atoms with Crippen LogP contribution >= 0.6 is 0 Å². The maximum Gasteiger partial charge on any atom is 0.0952 e. The van der Waals surface area contributed by atoms with E-state index in [4.69, 9.17) is 9.72 Å². The largest absolute Gasteiger partial charge is 0.381 e. The Morgan fingerprint density at radius 3 is 3.00 bits per heavy atom. The van der Waals surface area contributed by atoms with E-state index in [-0.39, 0.29) is 0 Å². The van der Waals surface area contributed by atoms with Crippen LogP contribution in [0.25, 0.3) is 0 Å². The molecule has 2 aliphatic rings. The highest BCUT2D eigenvalue weighted by molar-refractivity contribution is 5.15. The molecule has 2 aromatic heterocycles. The summed E-state index contributed by atoms with van der Waals surface area (Å²) in [5, 5.41) is 3.67. The van der Waals surface area contributed by atoms with Crippen LogP contribution in [0.4, 0.5) is 0 Å². The van der Waals surface area contributed by atoms with E-state index >= 15 is 0 Å². The van der Waals surface area contributed by atoms with Gasteiger partial charge in [-0.3, -0.25) is 9.88 Å². The van der Waals surface area contributed by atoms with Crippen LogP contribution < -0.4 is 5.32 Å². The van der Waals surface area contributed by atoms with Crippen molar-refractivity contribution in [3.63, 3.8) is 0 Å². The minimum atomic E-state index is 0.559. The summed E-state index contributed by atoms with van der Waals surface area (Å²) >= 11 is 0. The number of hydrogen-bond donors (Lipinski definition) is 1. The topological polar surface area (TPSA) is 55.2 Å². The normalized spacial score (nSPS) is 19.5. The second-order valence-corrected chi connectivity index (χ2v) is 7.02. The Morgan fingerprint density at radius 2 is 2.16 bits per heavy atom. The number of fused-ring (bicyclic) bond motifs is 1. The summed E-state index contributed by atoms with van der Waals surface area (Å²) in [5.41, 5.74) is 3.84. The molecule has 0 atom stereocenters. The average molecular weight is 341 g/mol. The number of aryl methyl sites for hydroxylation is 1. The highest BCUT2D eigenvalue weighted by atomic mass is 16.5. The zero-order chi connectivity index (χ0) is 16.9. The molecule has 0 saturated carbocycles. The van der Waals surface area contributed by atoms with Crippen molar-refractivity contribution in [2.45, 2.75) is 51.5 Å². The van der Waals surface area contributed by atoms with E-state index in [1.165, 1.54) is 17.0 Å². The molecule has 0 spiro atoms. The van der Waals surface area contributed by atoms with Crippen LogP contribution in [-0.2, 0) is 30.9 Å². The lowest BCUT2D eigenvalue weighted by Gasteiger charge is -2.23. The van der Waals surface area contributed by atoms with Gasteiger partial charge in [-0.1, -0.05) is 6.07 Å². The highest BCUT2D eigenvalue weighted by Gasteiger charge is 2.20. The molecule has 0 unspecified atom stereocenters. The van der Waals surface area contributed by atoms with Crippen molar-refractivity contribution in [2.75, 3.05) is 19.8 Å². The molecule has 1 saturated heterocycles. The summed E-state index contributed by atoms with van der Waals surface area (Å²) in [4.78, 5) is 11.4. The lowest BCUT2D eigenvalue weighted by Crippen LogP contribution is -2.34. The summed E-state index contributed by atoms with van der Waals surface area (Å²) < 4.78 is 7.78. The third-order valence-electron chi connectivity index (χ3n) is 5.19. The number of ether oxygens (including phenoxy) is 1. The van der Waals surface area contributed by atoms with Gasteiger partial charge >= 0.3 is 0 Å². The van der Waals surface area contributed by atoms with Crippen molar-refractivity contribution in [1.82, 2.24) is 24.8 Å². The van der Waals surface area contributed by atoms with E-state index in [0.29, 0.717) is 6.04 Å². The van der Waals surface area contributed by atoms with Gasteiger partial charge in [-0.2, -0.15) is 0 Å². The smallest absolute Gasteiger partial charge is 0.0952 e. The molecule has 0 aromatic carbocycles. The molecule has 0 radical (unpaired) electrons. The first-order valence-corrected chi connectivity index (χ1v) is 9.34. The standard InChI is InChI=1S/C19H27N5O/c1-3-16(11-20-6-1)13-23-7-2-8-24-15-22-18(19(24)14-23)12-21-17-4-9-25-10-5-17/h1,3,6,11,15,17,21H,2,4-5,7-10,12-14H2. The van der Waals surface area contributed by atoms with Gasteiger partial charge in [0.1, 0.15) is 0 Å². The maximum absolute atomic E-state index is 5.44. The molecule has 1 fully saturated rings. The zero-order valence-corrected chi connectivity index (χ0v) is 14.7. The monoisotopic (exact) mass is 341 g/mol. The van der Waals surface area contributed by atoms with Crippen LogP contribution in [0.15, 0.2) is 30.9 Å². The van der Waals surface area contributed by atoms with Gasteiger partial charge in [0, 0.05) is 64.4 Å². The number of rotatable bonds is 5. The summed E-state index contributed by atoms with van der Waals surface area (Å²) in [7, 11) is 0. The SMILES string of the molecule is c1cncc(CN2CCCn3cnc(CNC4CCOCC4)c3C2)c1. The minimum absolute atomic E-state index is 0.559. The Balaban J connectivity index is 1.41. The fraction of sp³-hybridized carbons (Fsp3) is 0.579. The Hall–Kier alpha value is -1.76. The molecule has 1 N–H and O–H groups in total. The molecule has 4 rings (SSSR count). The Morgan fingerprint density at radius 1 is 1.24 bits per heavy atom. The number of aromatic nitrogens is 3. The number of hydrogen-bond acceptors (Lipinski definition) is 5.